The summed E-state index contributed by atoms with van der Waals surface area (Å²) >= 11 is 0. The van der Waals surface area contributed by atoms with E-state index in [0.29, 0.717) is 29.2 Å². The second kappa shape index (κ2) is 9.69. The molecular formula is C24H29N3O6S2. The lowest BCUT2D eigenvalue weighted by molar-refractivity contribution is 0.182. The first-order chi connectivity index (χ1) is 16.5. The van der Waals surface area contributed by atoms with Crippen LogP contribution in [0.25, 0.3) is 0 Å². The number of aromatic hydroxyl groups is 1. The lowest BCUT2D eigenvalue weighted by Crippen LogP contribution is -2.25. The number of para-hydroxylation sites is 1. The van der Waals surface area contributed by atoms with Gasteiger partial charge in [0.15, 0.2) is 0 Å². The second-order valence-electron chi connectivity index (χ2n) is 8.70. The van der Waals surface area contributed by atoms with Crippen molar-refractivity contribution in [3.05, 3.63) is 83.4 Å². The van der Waals surface area contributed by atoms with Gasteiger partial charge in [0.1, 0.15) is 17.7 Å². The van der Waals surface area contributed by atoms with E-state index in [9.17, 15) is 27.7 Å². The third-order valence-corrected chi connectivity index (χ3v) is 8.69. The molecule has 1 aliphatic rings. The maximum atomic E-state index is 13.0. The molecule has 0 aliphatic carbocycles. The van der Waals surface area contributed by atoms with Crippen molar-refractivity contribution in [3.8, 4) is 5.75 Å². The van der Waals surface area contributed by atoms with Gasteiger partial charge < -0.3 is 10.2 Å². The molecule has 0 bridgehead atoms. The van der Waals surface area contributed by atoms with Crippen molar-refractivity contribution in [2.24, 2.45) is 0 Å². The Morgan fingerprint density at radius 1 is 1.09 bits per heavy atom. The number of phenolic OH excluding ortho intramolecular Hbond substituents is 1. The van der Waals surface area contributed by atoms with Crippen molar-refractivity contribution in [2.45, 2.75) is 37.3 Å². The van der Waals surface area contributed by atoms with E-state index in [2.05, 4.69) is 9.44 Å². The molecule has 35 heavy (non-hydrogen) atoms. The van der Waals surface area contributed by atoms with Crippen LogP contribution < -0.4 is 13.7 Å². The average Bonchev–Trinajstić information content (AvgIpc) is 3.06. The number of phenols is 1. The van der Waals surface area contributed by atoms with Gasteiger partial charge in [0, 0.05) is 0 Å². The smallest absolute Gasteiger partial charge is 0.261 e. The molecule has 6 N–H and O–H groups in total. The van der Waals surface area contributed by atoms with Crippen molar-refractivity contribution in [1.29, 1.82) is 0 Å². The highest BCUT2D eigenvalue weighted by molar-refractivity contribution is 8.24. The Hall–Kier alpha value is -2.80. The molecule has 4 rings (SSSR count). The van der Waals surface area contributed by atoms with Gasteiger partial charge >= 0.3 is 0 Å². The van der Waals surface area contributed by atoms with Gasteiger partial charge in [-0.25, -0.2) is 8.42 Å². The second-order valence-corrected chi connectivity index (χ2v) is 12.1. The van der Waals surface area contributed by atoms with Crippen molar-refractivity contribution >= 4 is 32.4 Å². The molecule has 1 fully saturated rings. The van der Waals surface area contributed by atoms with Gasteiger partial charge in [-0.3, -0.25) is 18.1 Å². The standard InChI is InChI=1S/C24H29N3O6S2/c1-16(2)18-8-10-20(11-9-18)34(30,31)25-21-6-4-3-5-19(21)13-17-7-12-22(23(28)14-17)27-15-24(29)26-35(27,32)33/h3-12,14,16,24-26,28-29,32-33H,13,15H2,1-2H3. The first kappa shape index (κ1) is 25.3. The molecule has 0 saturated carbocycles. The zero-order chi connectivity index (χ0) is 25.4. The zero-order valence-electron chi connectivity index (χ0n) is 19.3. The van der Waals surface area contributed by atoms with E-state index >= 15 is 0 Å². The highest BCUT2D eigenvalue weighted by Crippen LogP contribution is 2.49. The number of β-amino-alcohol motifs (C(OH)–C–C–N with tert-alkyl or cyclic N) is 1. The lowest BCUT2D eigenvalue weighted by atomic mass is 10.0. The Balaban J connectivity index is 1.55. The Morgan fingerprint density at radius 3 is 2.37 bits per heavy atom. The van der Waals surface area contributed by atoms with E-state index < -0.39 is 27.2 Å². The minimum absolute atomic E-state index is 0.0992. The maximum absolute atomic E-state index is 13.0. The lowest BCUT2D eigenvalue weighted by Gasteiger charge is -2.36. The van der Waals surface area contributed by atoms with Crippen molar-refractivity contribution in [2.75, 3.05) is 15.6 Å². The van der Waals surface area contributed by atoms with Crippen LogP contribution in [-0.4, -0.2) is 40.5 Å². The number of rotatable bonds is 7. The number of hydrogen-bond donors (Lipinski definition) is 6. The van der Waals surface area contributed by atoms with Gasteiger partial charge in [-0.2, -0.15) is 4.72 Å². The molecule has 11 heteroatoms. The van der Waals surface area contributed by atoms with E-state index in [-0.39, 0.29) is 22.9 Å². The van der Waals surface area contributed by atoms with Gasteiger partial charge in [-0.1, -0.05) is 61.2 Å². The van der Waals surface area contributed by atoms with Crippen LogP contribution in [0.2, 0.25) is 0 Å². The summed E-state index contributed by atoms with van der Waals surface area (Å²) < 4.78 is 52.2. The summed E-state index contributed by atoms with van der Waals surface area (Å²) in [6.07, 6.45) is -0.823. The van der Waals surface area contributed by atoms with Gasteiger partial charge in [0.2, 0.25) is 0 Å². The number of sulfonamides is 1. The Morgan fingerprint density at radius 2 is 1.77 bits per heavy atom. The van der Waals surface area contributed by atoms with Crippen LogP contribution in [0.5, 0.6) is 5.75 Å². The topological polar surface area (TPSA) is 142 Å². The predicted octanol–water partition coefficient (Wildman–Crippen LogP) is 4.22. The van der Waals surface area contributed by atoms with Crippen molar-refractivity contribution in [1.82, 2.24) is 4.72 Å². The third-order valence-electron chi connectivity index (χ3n) is 5.76. The first-order valence-electron chi connectivity index (χ1n) is 11.0. The SMILES string of the molecule is CC(C)c1ccc(S(=O)(=O)Nc2ccccc2Cc2ccc(N3CC(O)NS3(O)O)c(O)c2)cc1. The number of aliphatic hydroxyl groups is 1. The monoisotopic (exact) mass is 519 g/mol. The van der Waals surface area contributed by atoms with Crippen molar-refractivity contribution in [3.63, 3.8) is 0 Å². The molecular weight excluding hydrogens is 490 g/mol. The number of hydrogen-bond acceptors (Lipinski definition) is 8. The van der Waals surface area contributed by atoms with E-state index in [4.69, 9.17) is 0 Å². The fraction of sp³-hybridized carbons (Fsp3) is 0.250. The van der Waals surface area contributed by atoms with Crippen molar-refractivity contribution < 1.29 is 27.7 Å². The van der Waals surface area contributed by atoms with Crippen LogP contribution >= 0.6 is 11.0 Å². The van der Waals surface area contributed by atoms with Crippen LogP contribution in [0, 0.1) is 0 Å². The molecule has 188 valence electrons. The van der Waals surface area contributed by atoms with E-state index in [1.54, 1.807) is 54.6 Å². The summed E-state index contributed by atoms with van der Waals surface area (Å²) in [7, 11) is -7.25. The number of benzene rings is 3. The van der Waals surface area contributed by atoms with E-state index in [0.717, 1.165) is 9.87 Å². The maximum Gasteiger partial charge on any atom is 0.261 e. The largest absolute Gasteiger partial charge is 0.506 e. The summed E-state index contributed by atoms with van der Waals surface area (Å²) in [4.78, 5) is 0.166. The van der Waals surface area contributed by atoms with Gasteiger partial charge in [-0.05, 0) is 59.4 Å². The molecule has 0 aromatic heterocycles. The van der Waals surface area contributed by atoms with Crippen LogP contribution in [0.1, 0.15) is 36.5 Å². The fourth-order valence-electron chi connectivity index (χ4n) is 3.90. The van der Waals surface area contributed by atoms with Crippen LogP contribution in [-0.2, 0) is 16.4 Å². The molecule has 0 spiro atoms. The summed E-state index contributed by atoms with van der Waals surface area (Å²) in [5.41, 5.74) is 3.02. The molecule has 1 atom stereocenters. The Bertz CT molecular complexity index is 1310. The first-order valence-corrected chi connectivity index (χ1v) is 14.0. The number of anilines is 2. The zero-order valence-corrected chi connectivity index (χ0v) is 20.9. The third kappa shape index (κ3) is 5.56. The molecule has 0 amide bonds. The minimum atomic E-state index is -3.80. The molecule has 1 unspecified atom stereocenters. The molecule has 1 saturated heterocycles. The average molecular weight is 520 g/mol. The van der Waals surface area contributed by atoms with E-state index in [1.807, 2.05) is 13.8 Å². The van der Waals surface area contributed by atoms with E-state index in [1.165, 1.54) is 12.1 Å². The van der Waals surface area contributed by atoms with Gasteiger partial charge in [0.25, 0.3) is 10.0 Å². The molecule has 0 radical (unpaired) electrons. The Kier molecular flexibility index (Phi) is 7.00. The summed E-state index contributed by atoms with van der Waals surface area (Å²) in [5, 5.41) is 20.2. The highest BCUT2D eigenvalue weighted by Gasteiger charge is 2.36. The van der Waals surface area contributed by atoms with Crippen LogP contribution in [0.3, 0.4) is 0 Å². The molecule has 3 aromatic rings. The fourth-order valence-corrected chi connectivity index (χ4v) is 6.34. The molecule has 3 aromatic carbocycles. The molecule has 1 heterocycles. The summed E-state index contributed by atoms with van der Waals surface area (Å²) in [6.45, 7) is 3.98. The Labute approximate surface area is 206 Å². The number of nitrogens with zero attached hydrogens (tertiary/aromatic N) is 1. The normalized spacial score (nSPS) is 18.6. The summed E-state index contributed by atoms with van der Waals surface area (Å²) in [5.74, 6) is 0.101. The summed E-state index contributed by atoms with van der Waals surface area (Å²) in [6, 6.07) is 18.5. The van der Waals surface area contributed by atoms with Gasteiger partial charge in [-0.15, -0.1) is 0 Å². The van der Waals surface area contributed by atoms with Crippen LogP contribution in [0.15, 0.2) is 71.6 Å². The minimum Gasteiger partial charge on any atom is -0.506 e. The molecule has 9 nitrogen and oxygen atoms in total. The quantitative estimate of drug-likeness (QED) is 0.272. The van der Waals surface area contributed by atoms with Gasteiger partial charge in [0.05, 0.1) is 17.1 Å². The predicted molar refractivity (Wildman–Crippen MR) is 138 cm³/mol. The highest BCUT2D eigenvalue weighted by atomic mass is 32.3. The number of aliphatic hydroxyl groups excluding tert-OH is 1. The van der Waals surface area contributed by atoms with Crippen LogP contribution in [0.4, 0.5) is 11.4 Å². The number of nitrogens with one attached hydrogen (secondary N) is 2. The molecule has 1 aliphatic heterocycles.